The Morgan fingerprint density at radius 3 is 2.71 bits per heavy atom. The van der Waals surface area contributed by atoms with Gasteiger partial charge in [0.25, 0.3) is 0 Å². The lowest BCUT2D eigenvalue weighted by atomic mass is 10.0. The standard InChI is InChI=1S/C16H16N4O/c1-10-4-3-5-11(2)15(10)20-16(18)13(8-17)12-6-7-21-9-14(12)19-20/h3-5,18H,6-7,9H2,1-2H3. The number of hydrogen-bond donors (Lipinski definition) is 1. The number of nitrogens with zero attached hydrogens (tertiary/aromatic N) is 3. The Kier molecular flexibility index (Phi) is 3.32. The SMILES string of the molecule is Cc1cccc(C)c1-n1nc2c(c(C#N)c1=N)CCOC2. The highest BCUT2D eigenvalue weighted by Gasteiger charge is 2.20. The highest BCUT2D eigenvalue weighted by molar-refractivity contribution is 5.48. The topological polar surface area (TPSA) is 74.7 Å². The van der Waals surface area contributed by atoms with Crippen LogP contribution in [0.4, 0.5) is 0 Å². The maximum absolute atomic E-state index is 9.43. The van der Waals surface area contributed by atoms with Crippen molar-refractivity contribution in [1.82, 2.24) is 9.78 Å². The van der Waals surface area contributed by atoms with Crippen LogP contribution in [0.25, 0.3) is 5.69 Å². The summed E-state index contributed by atoms with van der Waals surface area (Å²) in [5.74, 6) is 0. The molecule has 1 aromatic heterocycles. The highest BCUT2D eigenvalue weighted by atomic mass is 16.5. The second kappa shape index (κ2) is 5.15. The molecule has 2 heterocycles. The summed E-state index contributed by atoms with van der Waals surface area (Å²) in [6, 6.07) is 8.11. The summed E-state index contributed by atoms with van der Waals surface area (Å²) >= 11 is 0. The van der Waals surface area contributed by atoms with E-state index >= 15 is 0 Å². The molecule has 0 saturated carbocycles. The molecule has 21 heavy (non-hydrogen) atoms. The Balaban J connectivity index is 2.35. The van der Waals surface area contributed by atoms with Crippen molar-refractivity contribution in [3.8, 4) is 11.8 Å². The molecule has 1 aliphatic heterocycles. The van der Waals surface area contributed by atoms with Crippen molar-refractivity contribution < 1.29 is 4.74 Å². The molecule has 5 nitrogen and oxygen atoms in total. The fourth-order valence-electron chi connectivity index (χ4n) is 2.77. The zero-order valence-corrected chi connectivity index (χ0v) is 12.1. The third-order valence-corrected chi connectivity index (χ3v) is 3.82. The Morgan fingerprint density at radius 1 is 1.33 bits per heavy atom. The van der Waals surface area contributed by atoms with Gasteiger partial charge >= 0.3 is 0 Å². The molecule has 0 saturated heterocycles. The zero-order valence-electron chi connectivity index (χ0n) is 12.1. The molecule has 0 unspecified atom stereocenters. The Morgan fingerprint density at radius 2 is 2.05 bits per heavy atom. The smallest absolute Gasteiger partial charge is 0.165 e. The zero-order chi connectivity index (χ0) is 15.0. The molecule has 0 radical (unpaired) electrons. The fraction of sp³-hybridized carbons (Fsp3) is 0.312. The van der Waals surface area contributed by atoms with Gasteiger partial charge in [-0.1, -0.05) is 18.2 Å². The van der Waals surface area contributed by atoms with Crippen LogP contribution in [-0.4, -0.2) is 16.4 Å². The lowest BCUT2D eigenvalue weighted by Crippen LogP contribution is -2.31. The van der Waals surface area contributed by atoms with E-state index in [0.29, 0.717) is 25.2 Å². The first kappa shape index (κ1) is 13.5. The van der Waals surface area contributed by atoms with E-state index in [1.807, 2.05) is 32.0 Å². The van der Waals surface area contributed by atoms with Gasteiger partial charge in [-0.05, 0) is 31.4 Å². The molecule has 1 N–H and O–H groups in total. The lowest BCUT2D eigenvalue weighted by molar-refractivity contribution is 0.105. The Bertz CT molecular complexity index is 794. The number of hydrogen-bond acceptors (Lipinski definition) is 4. The monoisotopic (exact) mass is 280 g/mol. The van der Waals surface area contributed by atoms with Crippen LogP contribution >= 0.6 is 0 Å². The number of aryl methyl sites for hydroxylation is 2. The van der Waals surface area contributed by atoms with Crippen LogP contribution in [0.3, 0.4) is 0 Å². The number of ether oxygens (including phenoxy) is 1. The normalized spacial score (nSPS) is 13.6. The van der Waals surface area contributed by atoms with Crippen molar-refractivity contribution in [2.24, 2.45) is 0 Å². The third kappa shape index (κ3) is 2.14. The number of nitriles is 1. The molecular formula is C16H16N4O. The first-order valence-corrected chi connectivity index (χ1v) is 6.87. The van der Waals surface area contributed by atoms with Crippen LogP contribution in [0.1, 0.15) is 27.9 Å². The summed E-state index contributed by atoms with van der Waals surface area (Å²) in [5, 5.41) is 22.4. The van der Waals surface area contributed by atoms with E-state index in [9.17, 15) is 5.26 Å². The van der Waals surface area contributed by atoms with Gasteiger partial charge in [-0.15, -0.1) is 0 Å². The largest absolute Gasteiger partial charge is 0.375 e. The van der Waals surface area contributed by atoms with Gasteiger partial charge in [0.1, 0.15) is 11.6 Å². The lowest BCUT2D eigenvalue weighted by Gasteiger charge is -2.20. The molecule has 0 aliphatic carbocycles. The molecule has 0 atom stereocenters. The molecule has 0 bridgehead atoms. The third-order valence-electron chi connectivity index (χ3n) is 3.82. The van der Waals surface area contributed by atoms with E-state index < -0.39 is 0 Å². The van der Waals surface area contributed by atoms with E-state index in [-0.39, 0.29) is 5.49 Å². The van der Waals surface area contributed by atoms with Crippen LogP contribution in [0.15, 0.2) is 18.2 Å². The van der Waals surface area contributed by atoms with Gasteiger partial charge in [-0.2, -0.15) is 10.4 Å². The summed E-state index contributed by atoms with van der Waals surface area (Å²) in [4.78, 5) is 0. The summed E-state index contributed by atoms with van der Waals surface area (Å²) in [7, 11) is 0. The quantitative estimate of drug-likeness (QED) is 0.867. The number of aromatic nitrogens is 2. The van der Waals surface area contributed by atoms with Crippen LogP contribution in [0, 0.1) is 30.6 Å². The Labute approximate surface area is 122 Å². The summed E-state index contributed by atoms with van der Waals surface area (Å²) < 4.78 is 7.01. The number of para-hydroxylation sites is 1. The van der Waals surface area contributed by atoms with Crippen LogP contribution < -0.4 is 5.49 Å². The van der Waals surface area contributed by atoms with E-state index in [2.05, 4.69) is 11.2 Å². The molecule has 106 valence electrons. The number of rotatable bonds is 1. The minimum Gasteiger partial charge on any atom is -0.375 e. The Hall–Kier alpha value is -2.45. The van der Waals surface area contributed by atoms with Gasteiger partial charge in [0.15, 0.2) is 5.49 Å². The van der Waals surface area contributed by atoms with Crippen LogP contribution in [-0.2, 0) is 17.8 Å². The molecular weight excluding hydrogens is 264 g/mol. The molecule has 0 spiro atoms. The molecule has 3 rings (SSSR count). The molecule has 2 aromatic rings. The van der Waals surface area contributed by atoms with Crippen molar-refractivity contribution in [1.29, 1.82) is 10.7 Å². The van der Waals surface area contributed by atoms with Crippen molar-refractivity contribution in [3.05, 3.63) is 51.6 Å². The molecule has 5 heteroatoms. The average Bonchev–Trinajstić information content (AvgIpc) is 2.47. The van der Waals surface area contributed by atoms with Gasteiger partial charge in [0.05, 0.1) is 24.6 Å². The van der Waals surface area contributed by atoms with Crippen molar-refractivity contribution in [3.63, 3.8) is 0 Å². The fourth-order valence-corrected chi connectivity index (χ4v) is 2.77. The minimum absolute atomic E-state index is 0.149. The maximum Gasteiger partial charge on any atom is 0.165 e. The van der Waals surface area contributed by atoms with Crippen LogP contribution in [0.2, 0.25) is 0 Å². The van der Waals surface area contributed by atoms with Crippen LogP contribution in [0.5, 0.6) is 0 Å². The number of fused-ring (bicyclic) bond motifs is 1. The number of nitrogens with one attached hydrogen (secondary N) is 1. The summed E-state index contributed by atoms with van der Waals surface area (Å²) in [6.07, 6.45) is 0.644. The second-order valence-electron chi connectivity index (χ2n) is 5.22. The predicted molar refractivity (Wildman–Crippen MR) is 77.0 cm³/mol. The minimum atomic E-state index is 0.149. The first-order chi connectivity index (χ1) is 10.1. The summed E-state index contributed by atoms with van der Waals surface area (Å²) in [6.45, 7) is 4.95. The molecule has 1 aliphatic rings. The van der Waals surface area contributed by atoms with E-state index in [1.54, 1.807) is 4.68 Å². The van der Waals surface area contributed by atoms with E-state index in [1.165, 1.54) is 0 Å². The highest BCUT2D eigenvalue weighted by Crippen LogP contribution is 2.20. The van der Waals surface area contributed by atoms with Gasteiger partial charge in [-0.25, -0.2) is 4.68 Å². The molecule has 1 aromatic carbocycles. The average molecular weight is 280 g/mol. The molecule has 0 fully saturated rings. The molecule has 0 amide bonds. The van der Waals surface area contributed by atoms with E-state index in [0.717, 1.165) is 28.1 Å². The van der Waals surface area contributed by atoms with Gasteiger partial charge in [0.2, 0.25) is 0 Å². The summed E-state index contributed by atoms with van der Waals surface area (Å²) in [5.41, 5.74) is 5.10. The predicted octanol–water partition coefficient (Wildman–Crippen LogP) is 1.91. The number of benzene rings is 1. The van der Waals surface area contributed by atoms with Crippen molar-refractivity contribution >= 4 is 0 Å². The van der Waals surface area contributed by atoms with Gasteiger partial charge in [-0.3, -0.25) is 5.41 Å². The second-order valence-corrected chi connectivity index (χ2v) is 5.22. The van der Waals surface area contributed by atoms with Crippen molar-refractivity contribution in [2.75, 3.05) is 6.61 Å². The maximum atomic E-state index is 9.43. The van der Waals surface area contributed by atoms with Gasteiger partial charge in [0, 0.05) is 5.56 Å². The first-order valence-electron chi connectivity index (χ1n) is 6.87. The van der Waals surface area contributed by atoms with Gasteiger partial charge < -0.3 is 4.74 Å². The van der Waals surface area contributed by atoms with Crippen molar-refractivity contribution in [2.45, 2.75) is 26.9 Å². The van der Waals surface area contributed by atoms with E-state index in [4.69, 9.17) is 10.1 Å².